The van der Waals surface area contributed by atoms with E-state index in [1.54, 1.807) is 39.5 Å². The van der Waals surface area contributed by atoms with Gasteiger partial charge < -0.3 is 24.3 Å². The highest BCUT2D eigenvalue weighted by Crippen LogP contribution is 2.31. The maximum absolute atomic E-state index is 12.9. The molecule has 0 saturated carbocycles. The molecule has 0 bridgehead atoms. The van der Waals surface area contributed by atoms with Gasteiger partial charge in [-0.25, -0.2) is 0 Å². The first-order chi connectivity index (χ1) is 15.0. The van der Waals surface area contributed by atoms with Crippen LogP contribution in [0.25, 0.3) is 0 Å². The highest BCUT2D eigenvalue weighted by atomic mass is 16.5. The Morgan fingerprint density at radius 1 is 0.839 bits per heavy atom. The summed E-state index contributed by atoms with van der Waals surface area (Å²) >= 11 is 0. The summed E-state index contributed by atoms with van der Waals surface area (Å²) in [6.07, 6.45) is 0. The number of hydrogen-bond acceptors (Lipinski definition) is 5. The van der Waals surface area contributed by atoms with Gasteiger partial charge in [0, 0.05) is 11.1 Å². The fraction of sp³-hybridized carbons (Fsp3) is 0.240. The molecule has 0 fully saturated rings. The molecule has 6 nitrogen and oxygen atoms in total. The molecule has 0 aliphatic heterocycles. The lowest BCUT2D eigenvalue weighted by atomic mass is 10.1. The first-order valence-electron chi connectivity index (χ1n) is 9.93. The number of amides is 1. The Morgan fingerprint density at radius 2 is 1.55 bits per heavy atom. The third kappa shape index (κ3) is 5.48. The van der Waals surface area contributed by atoms with Gasteiger partial charge in [0.2, 0.25) is 0 Å². The average Bonchev–Trinajstić information content (AvgIpc) is 2.82. The van der Waals surface area contributed by atoms with E-state index in [0.29, 0.717) is 35.2 Å². The predicted octanol–water partition coefficient (Wildman–Crippen LogP) is 4.78. The third-order valence-electron chi connectivity index (χ3n) is 4.91. The molecule has 0 unspecified atom stereocenters. The number of carbonyl (C=O) groups is 1. The molecule has 0 aliphatic carbocycles. The van der Waals surface area contributed by atoms with E-state index in [9.17, 15) is 4.79 Å². The van der Waals surface area contributed by atoms with Crippen molar-refractivity contribution in [2.75, 3.05) is 21.3 Å². The Kier molecular flexibility index (Phi) is 7.38. The van der Waals surface area contributed by atoms with Crippen LogP contribution < -0.4 is 24.3 Å². The van der Waals surface area contributed by atoms with E-state index >= 15 is 0 Å². The largest absolute Gasteiger partial charge is 0.497 e. The summed E-state index contributed by atoms with van der Waals surface area (Å²) < 4.78 is 22.0. The smallest absolute Gasteiger partial charge is 0.251 e. The van der Waals surface area contributed by atoms with E-state index in [1.165, 1.54) is 0 Å². The number of carbonyl (C=O) groups excluding carboxylic acids is 1. The van der Waals surface area contributed by atoms with Crippen molar-refractivity contribution in [3.05, 3.63) is 83.4 Å². The summed E-state index contributed by atoms with van der Waals surface area (Å²) in [5, 5.41) is 3.00. The molecule has 0 aliphatic rings. The minimum atomic E-state index is -0.294. The Hall–Kier alpha value is -3.67. The molecule has 6 heteroatoms. The molecule has 3 aromatic carbocycles. The van der Waals surface area contributed by atoms with Gasteiger partial charge in [0.05, 0.1) is 27.4 Å². The number of ether oxygens (including phenoxy) is 4. The van der Waals surface area contributed by atoms with Crippen molar-refractivity contribution in [3.8, 4) is 23.0 Å². The molecule has 0 saturated heterocycles. The Labute approximate surface area is 182 Å². The highest BCUT2D eigenvalue weighted by molar-refractivity contribution is 5.95. The molecule has 31 heavy (non-hydrogen) atoms. The zero-order valence-corrected chi connectivity index (χ0v) is 18.2. The highest BCUT2D eigenvalue weighted by Gasteiger charge is 2.18. The van der Waals surface area contributed by atoms with Crippen LogP contribution in [0.15, 0.2) is 66.7 Å². The maximum Gasteiger partial charge on any atom is 0.251 e. The molecule has 0 spiro atoms. The van der Waals surface area contributed by atoms with Crippen molar-refractivity contribution in [1.82, 2.24) is 5.32 Å². The van der Waals surface area contributed by atoms with E-state index in [-0.39, 0.29) is 11.9 Å². The van der Waals surface area contributed by atoms with Crippen LogP contribution in [0.1, 0.15) is 34.5 Å². The summed E-state index contributed by atoms with van der Waals surface area (Å²) in [6.45, 7) is 2.30. The molecule has 1 amide bonds. The van der Waals surface area contributed by atoms with Crippen LogP contribution in [0.4, 0.5) is 0 Å². The predicted molar refractivity (Wildman–Crippen MR) is 119 cm³/mol. The number of rotatable bonds is 9. The van der Waals surface area contributed by atoms with Crippen molar-refractivity contribution in [3.63, 3.8) is 0 Å². The Morgan fingerprint density at radius 3 is 2.23 bits per heavy atom. The molecule has 1 atom stereocenters. The molecule has 0 aromatic heterocycles. The van der Waals surface area contributed by atoms with Crippen molar-refractivity contribution < 1.29 is 23.7 Å². The van der Waals surface area contributed by atoms with Gasteiger partial charge in [-0.3, -0.25) is 4.79 Å². The fourth-order valence-electron chi connectivity index (χ4n) is 3.20. The number of benzene rings is 3. The summed E-state index contributed by atoms with van der Waals surface area (Å²) in [6, 6.07) is 20.2. The van der Waals surface area contributed by atoms with Gasteiger partial charge in [-0.15, -0.1) is 0 Å². The Bertz CT molecular complexity index is 1020. The van der Waals surface area contributed by atoms with Crippen LogP contribution in [-0.2, 0) is 6.61 Å². The topological polar surface area (TPSA) is 66.0 Å². The number of methoxy groups -OCH3 is 3. The van der Waals surface area contributed by atoms with Gasteiger partial charge in [-0.1, -0.05) is 30.3 Å². The van der Waals surface area contributed by atoms with E-state index in [0.717, 1.165) is 11.1 Å². The van der Waals surface area contributed by atoms with Crippen LogP contribution in [0.3, 0.4) is 0 Å². The lowest BCUT2D eigenvalue weighted by Gasteiger charge is -2.19. The molecular formula is C25H27NO5. The first kappa shape index (κ1) is 22.0. The fourth-order valence-corrected chi connectivity index (χ4v) is 3.20. The number of hydrogen-bond donors (Lipinski definition) is 1. The quantitative estimate of drug-likeness (QED) is 0.539. The molecule has 3 rings (SSSR count). The standard InChI is InChI=1S/C25H27NO5/c1-17(21-15-20(28-2)11-13-22(21)29-3)26-25(27)19-10-12-23(24(14-19)30-4)31-16-18-8-6-5-7-9-18/h5-15,17H,16H2,1-4H3,(H,26,27)/t17-/m1/s1. The second kappa shape index (κ2) is 10.4. The normalized spacial score (nSPS) is 11.4. The van der Waals surface area contributed by atoms with Crippen molar-refractivity contribution in [1.29, 1.82) is 0 Å². The lowest BCUT2D eigenvalue weighted by molar-refractivity contribution is 0.0939. The van der Waals surface area contributed by atoms with E-state index in [1.807, 2.05) is 55.5 Å². The molecule has 0 radical (unpaired) electrons. The van der Waals surface area contributed by atoms with Crippen molar-refractivity contribution >= 4 is 5.91 Å². The molecule has 162 valence electrons. The molecule has 1 N–H and O–H groups in total. The van der Waals surface area contributed by atoms with Crippen LogP contribution in [0.5, 0.6) is 23.0 Å². The van der Waals surface area contributed by atoms with Crippen molar-refractivity contribution in [2.45, 2.75) is 19.6 Å². The summed E-state index contributed by atoms with van der Waals surface area (Å²) in [7, 11) is 4.75. The maximum atomic E-state index is 12.9. The average molecular weight is 421 g/mol. The van der Waals surface area contributed by atoms with Gasteiger partial charge in [0.1, 0.15) is 18.1 Å². The lowest BCUT2D eigenvalue weighted by Crippen LogP contribution is -2.27. The van der Waals surface area contributed by atoms with E-state index in [2.05, 4.69) is 5.32 Å². The van der Waals surface area contributed by atoms with Crippen LogP contribution in [0, 0.1) is 0 Å². The van der Waals surface area contributed by atoms with Gasteiger partial charge in [0.25, 0.3) is 5.91 Å². The van der Waals surface area contributed by atoms with E-state index in [4.69, 9.17) is 18.9 Å². The van der Waals surface area contributed by atoms with Gasteiger partial charge in [-0.05, 0) is 48.9 Å². The van der Waals surface area contributed by atoms with E-state index < -0.39 is 0 Å². The minimum absolute atomic E-state index is 0.231. The Balaban J connectivity index is 1.73. The minimum Gasteiger partial charge on any atom is -0.497 e. The third-order valence-corrected chi connectivity index (χ3v) is 4.91. The summed E-state index contributed by atoms with van der Waals surface area (Å²) in [5.74, 6) is 2.21. The van der Waals surface area contributed by atoms with Gasteiger partial charge in [0.15, 0.2) is 11.5 Å². The summed E-state index contributed by atoms with van der Waals surface area (Å²) in [5.41, 5.74) is 2.34. The zero-order chi connectivity index (χ0) is 22.2. The van der Waals surface area contributed by atoms with Gasteiger partial charge in [-0.2, -0.15) is 0 Å². The molecule has 0 heterocycles. The summed E-state index contributed by atoms with van der Waals surface area (Å²) in [4.78, 5) is 12.9. The van der Waals surface area contributed by atoms with Crippen LogP contribution in [-0.4, -0.2) is 27.2 Å². The number of nitrogens with one attached hydrogen (secondary N) is 1. The second-order valence-electron chi connectivity index (χ2n) is 6.94. The first-order valence-corrected chi connectivity index (χ1v) is 9.93. The van der Waals surface area contributed by atoms with Crippen LogP contribution >= 0.6 is 0 Å². The SMILES string of the molecule is COc1ccc(OC)c([C@@H](C)NC(=O)c2ccc(OCc3ccccc3)c(OC)c2)c1. The van der Waals surface area contributed by atoms with Crippen molar-refractivity contribution in [2.24, 2.45) is 0 Å². The molecule has 3 aromatic rings. The molecular weight excluding hydrogens is 394 g/mol. The van der Waals surface area contributed by atoms with Gasteiger partial charge >= 0.3 is 0 Å². The monoisotopic (exact) mass is 421 g/mol. The second-order valence-corrected chi connectivity index (χ2v) is 6.94. The zero-order valence-electron chi connectivity index (χ0n) is 18.2. The van der Waals surface area contributed by atoms with Crippen LogP contribution in [0.2, 0.25) is 0 Å².